The first-order valence-corrected chi connectivity index (χ1v) is 7.55. The molecule has 4 nitrogen and oxygen atoms in total. The third kappa shape index (κ3) is 6.29. The summed E-state index contributed by atoms with van der Waals surface area (Å²) in [5.74, 6) is 2.79. The summed E-state index contributed by atoms with van der Waals surface area (Å²) in [6, 6.07) is 0.718. The Kier molecular flexibility index (Phi) is 6.35. The highest BCUT2D eigenvalue weighted by Gasteiger charge is 2.28. The lowest BCUT2D eigenvalue weighted by Gasteiger charge is -2.22. The van der Waals surface area contributed by atoms with Crippen molar-refractivity contribution in [1.29, 1.82) is 0 Å². The molecule has 0 spiro atoms. The highest BCUT2D eigenvalue weighted by molar-refractivity contribution is 5.68. The summed E-state index contributed by atoms with van der Waals surface area (Å²) >= 11 is 0. The molecule has 0 radical (unpaired) electrons. The minimum Gasteiger partial charge on any atom is -0.444 e. The van der Waals surface area contributed by atoms with Gasteiger partial charge in [0.15, 0.2) is 0 Å². The Hall–Kier alpha value is -1.21. The van der Waals surface area contributed by atoms with Gasteiger partial charge in [0, 0.05) is 12.1 Å². The van der Waals surface area contributed by atoms with Crippen molar-refractivity contribution in [3.63, 3.8) is 0 Å². The Morgan fingerprint density at radius 3 is 2.60 bits per heavy atom. The van der Waals surface area contributed by atoms with Crippen LogP contribution in [0, 0.1) is 12.3 Å². The molecule has 0 aliphatic heterocycles. The normalized spacial score (nSPS) is 23.9. The highest BCUT2D eigenvalue weighted by Crippen LogP contribution is 2.20. The van der Waals surface area contributed by atoms with Crippen LogP contribution < -0.4 is 10.6 Å². The van der Waals surface area contributed by atoms with E-state index in [9.17, 15) is 4.79 Å². The number of terminal acetylenes is 1. The summed E-state index contributed by atoms with van der Waals surface area (Å²) in [5, 5.41) is 6.43. The van der Waals surface area contributed by atoms with Crippen LogP contribution in [-0.4, -0.2) is 29.8 Å². The zero-order chi connectivity index (χ0) is 15.2. The lowest BCUT2D eigenvalue weighted by atomic mass is 10.1. The van der Waals surface area contributed by atoms with Crippen LogP contribution in [0.2, 0.25) is 0 Å². The van der Waals surface area contributed by atoms with E-state index in [0.29, 0.717) is 6.04 Å². The van der Waals surface area contributed by atoms with Gasteiger partial charge in [-0.1, -0.05) is 19.3 Å². The van der Waals surface area contributed by atoms with E-state index >= 15 is 0 Å². The highest BCUT2D eigenvalue weighted by atomic mass is 16.6. The molecule has 0 aromatic rings. The first-order valence-electron chi connectivity index (χ1n) is 7.55. The first-order chi connectivity index (χ1) is 9.34. The van der Waals surface area contributed by atoms with Crippen molar-refractivity contribution in [3.05, 3.63) is 0 Å². The van der Waals surface area contributed by atoms with Crippen molar-refractivity contribution < 1.29 is 9.53 Å². The summed E-state index contributed by atoms with van der Waals surface area (Å²) in [7, 11) is 0. The second-order valence-corrected chi connectivity index (χ2v) is 6.53. The number of alkyl carbamates (subject to hydrolysis) is 1. The van der Waals surface area contributed by atoms with E-state index in [4.69, 9.17) is 11.2 Å². The van der Waals surface area contributed by atoms with E-state index < -0.39 is 5.60 Å². The van der Waals surface area contributed by atoms with E-state index in [0.717, 1.165) is 32.1 Å². The first kappa shape index (κ1) is 16.8. The Labute approximate surface area is 123 Å². The van der Waals surface area contributed by atoms with Gasteiger partial charge in [0.2, 0.25) is 0 Å². The summed E-state index contributed by atoms with van der Waals surface area (Å²) < 4.78 is 5.27. The molecular weight excluding hydrogens is 252 g/mol. The number of hydrogen-bond donors (Lipinski definition) is 2. The fraction of sp³-hybridized carbons (Fsp3) is 0.812. The van der Waals surface area contributed by atoms with Crippen molar-refractivity contribution >= 4 is 6.09 Å². The van der Waals surface area contributed by atoms with Gasteiger partial charge in [0.1, 0.15) is 5.60 Å². The Bertz CT molecular complexity index is 354. The second kappa shape index (κ2) is 7.54. The molecule has 0 bridgehead atoms. The topological polar surface area (TPSA) is 50.4 Å². The van der Waals surface area contributed by atoms with Gasteiger partial charge < -0.3 is 15.4 Å². The molecule has 3 atom stereocenters. The maximum atomic E-state index is 11.7. The quantitative estimate of drug-likeness (QED) is 0.761. The second-order valence-electron chi connectivity index (χ2n) is 6.53. The van der Waals surface area contributed by atoms with Crippen LogP contribution in [-0.2, 0) is 4.74 Å². The summed E-state index contributed by atoms with van der Waals surface area (Å²) in [6.45, 7) is 7.74. The van der Waals surface area contributed by atoms with Crippen LogP contribution in [0.5, 0.6) is 0 Å². The maximum Gasteiger partial charge on any atom is 0.407 e. The van der Waals surface area contributed by atoms with Crippen LogP contribution in [0.4, 0.5) is 4.79 Å². The van der Waals surface area contributed by atoms with Crippen molar-refractivity contribution in [2.75, 3.05) is 0 Å². The van der Waals surface area contributed by atoms with Crippen molar-refractivity contribution in [3.8, 4) is 12.3 Å². The average Bonchev–Trinajstić information content (AvgIpc) is 2.73. The monoisotopic (exact) mass is 280 g/mol. The molecule has 3 unspecified atom stereocenters. The van der Waals surface area contributed by atoms with E-state index in [1.165, 1.54) is 0 Å². The smallest absolute Gasteiger partial charge is 0.407 e. The largest absolute Gasteiger partial charge is 0.444 e. The fourth-order valence-corrected chi connectivity index (χ4v) is 2.53. The predicted octanol–water partition coefficient (Wildman–Crippen LogP) is 2.82. The van der Waals surface area contributed by atoms with Gasteiger partial charge in [-0.3, -0.25) is 0 Å². The average molecular weight is 280 g/mol. The summed E-state index contributed by atoms with van der Waals surface area (Å²) in [5.41, 5.74) is -0.448. The summed E-state index contributed by atoms with van der Waals surface area (Å²) in [6.07, 6.45) is 10.2. The molecule has 0 aromatic carbocycles. The van der Waals surface area contributed by atoms with E-state index in [1.54, 1.807) is 0 Å². The minimum atomic E-state index is -0.448. The number of ether oxygens (including phenoxy) is 1. The van der Waals surface area contributed by atoms with Gasteiger partial charge in [-0.15, -0.1) is 6.42 Å². The molecule has 0 saturated heterocycles. The molecule has 1 amide bonds. The SMILES string of the molecule is C#CC(CCC)NC1CCC(NC(=O)OC(C)(C)C)C1. The Morgan fingerprint density at radius 1 is 1.40 bits per heavy atom. The Morgan fingerprint density at radius 2 is 2.05 bits per heavy atom. The molecule has 2 N–H and O–H groups in total. The molecule has 20 heavy (non-hydrogen) atoms. The molecule has 4 heteroatoms. The Balaban J connectivity index is 2.33. The molecule has 1 rings (SSSR count). The number of carbonyl (C=O) groups excluding carboxylic acids is 1. The molecule has 0 heterocycles. The van der Waals surface area contributed by atoms with Crippen LogP contribution >= 0.6 is 0 Å². The third-order valence-corrected chi connectivity index (χ3v) is 3.37. The van der Waals surface area contributed by atoms with Gasteiger partial charge in [-0.2, -0.15) is 0 Å². The maximum absolute atomic E-state index is 11.7. The lowest BCUT2D eigenvalue weighted by molar-refractivity contribution is 0.0505. The minimum absolute atomic E-state index is 0.144. The van der Waals surface area contributed by atoms with E-state index in [2.05, 4.69) is 23.5 Å². The van der Waals surface area contributed by atoms with Gasteiger partial charge in [0.05, 0.1) is 6.04 Å². The zero-order valence-electron chi connectivity index (χ0n) is 13.2. The molecule has 114 valence electrons. The number of amides is 1. The van der Waals surface area contributed by atoms with Gasteiger partial charge in [0.25, 0.3) is 0 Å². The van der Waals surface area contributed by atoms with Crippen molar-refractivity contribution in [2.24, 2.45) is 0 Å². The zero-order valence-corrected chi connectivity index (χ0v) is 13.2. The number of rotatable bonds is 5. The molecule has 1 aliphatic rings. The molecule has 0 aromatic heterocycles. The lowest BCUT2D eigenvalue weighted by Crippen LogP contribution is -2.40. The molecule has 1 saturated carbocycles. The van der Waals surface area contributed by atoms with Crippen LogP contribution in [0.1, 0.15) is 59.8 Å². The van der Waals surface area contributed by atoms with Crippen LogP contribution in [0.25, 0.3) is 0 Å². The van der Waals surface area contributed by atoms with Crippen LogP contribution in [0.15, 0.2) is 0 Å². The molecular formula is C16H28N2O2. The molecule has 1 aliphatic carbocycles. The van der Waals surface area contributed by atoms with Crippen molar-refractivity contribution in [1.82, 2.24) is 10.6 Å². The van der Waals surface area contributed by atoms with Gasteiger partial charge in [-0.05, 0) is 46.5 Å². The van der Waals surface area contributed by atoms with Gasteiger partial charge >= 0.3 is 6.09 Å². The van der Waals surface area contributed by atoms with Gasteiger partial charge in [-0.25, -0.2) is 4.79 Å². The van der Waals surface area contributed by atoms with E-state index in [-0.39, 0.29) is 18.2 Å². The standard InChI is InChI=1S/C16H28N2O2/c1-6-8-12(7-2)17-13-9-10-14(11-13)18-15(19)20-16(3,4)5/h2,12-14,17H,6,8-11H2,1,3-5H3,(H,18,19). The predicted molar refractivity (Wildman–Crippen MR) is 81.5 cm³/mol. The molecule has 1 fully saturated rings. The summed E-state index contributed by atoms with van der Waals surface area (Å²) in [4.78, 5) is 11.7. The number of carbonyl (C=O) groups is 1. The fourth-order valence-electron chi connectivity index (χ4n) is 2.53. The van der Waals surface area contributed by atoms with E-state index in [1.807, 2.05) is 20.8 Å². The number of hydrogen-bond acceptors (Lipinski definition) is 3. The van der Waals surface area contributed by atoms with Crippen LogP contribution in [0.3, 0.4) is 0 Å². The third-order valence-electron chi connectivity index (χ3n) is 3.37. The number of nitrogens with one attached hydrogen (secondary N) is 2. The van der Waals surface area contributed by atoms with Crippen molar-refractivity contribution in [2.45, 2.75) is 83.5 Å².